The molecule has 1 aromatic carbocycles. The van der Waals surface area contributed by atoms with E-state index in [1.165, 1.54) is 10.5 Å². The van der Waals surface area contributed by atoms with Crippen LogP contribution in [0.25, 0.3) is 0 Å². The van der Waals surface area contributed by atoms with Gasteiger partial charge in [0.1, 0.15) is 0 Å². The van der Waals surface area contributed by atoms with E-state index in [1.54, 1.807) is 11.8 Å². The van der Waals surface area contributed by atoms with Crippen molar-refractivity contribution in [2.75, 3.05) is 19.3 Å². The largest absolute Gasteiger partial charge is 0.350 e. The molecule has 0 aliphatic carbocycles. The summed E-state index contributed by atoms with van der Waals surface area (Å²) in [6.07, 6.45) is 4.96. The van der Waals surface area contributed by atoms with E-state index in [2.05, 4.69) is 48.1 Å². The summed E-state index contributed by atoms with van der Waals surface area (Å²) >= 11 is 1.73. The van der Waals surface area contributed by atoms with Gasteiger partial charge in [0.05, 0.1) is 6.04 Å². The van der Waals surface area contributed by atoms with Crippen LogP contribution in [-0.4, -0.2) is 25.3 Å². The Hall–Kier alpha value is -1.00. The van der Waals surface area contributed by atoms with Crippen molar-refractivity contribution in [2.45, 2.75) is 37.1 Å². The Bertz CT molecular complexity index is 427. The summed E-state index contributed by atoms with van der Waals surface area (Å²) in [5.74, 6) is 0.723. The summed E-state index contributed by atoms with van der Waals surface area (Å²) in [7, 11) is 0. The van der Waals surface area contributed by atoms with Gasteiger partial charge in [0.2, 0.25) is 5.91 Å². The van der Waals surface area contributed by atoms with Gasteiger partial charge in [0.15, 0.2) is 0 Å². The van der Waals surface area contributed by atoms with Crippen LogP contribution in [0.3, 0.4) is 0 Å². The van der Waals surface area contributed by atoms with Crippen LogP contribution >= 0.6 is 11.8 Å². The minimum atomic E-state index is 0.0834. The average molecular weight is 292 g/mol. The van der Waals surface area contributed by atoms with Gasteiger partial charge in [-0.05, 0) is 62.7 Å². The Morgan fingerprint density at radius 3 is 2.60 bits per heavy atom. The van der Waals surface area contributed by atoms with Gasteiger partial charge < -0.3 is 10.6 Å². The molecule has 1 aliphatic rings. The van der Waals surface area contributed by atoms with Crippen LogP contribution in [0.5, 0.6) is 0 Å². The molecule has 0 saturated carbocycles. The van der Waals surface area contributed by atoms with E-state index in [9.17, 15) is 4.79 Å². The van der Waals surface area contributed by atoms with E-state index in [0.717, 1.165) is 25.9 Å². The maximum Gasteiger partial charge on any atom is 0.220 e. The van der Waals surface area contributed by atoms with Gasteiger partial charge in [-0.25, -0.2) is 0 Å². The Kier molecular flexibility index (Phi) is 5.92. The summed E-state index contributed by atoms with van der Waals surface area (Å²) in [5, 5.41) is 6.45. The minimum Gasteiger partial charge on any atom is -0.350 e. The van der Waals surface area contributed by atoms with Crippen LogP contribution in [0.15, 0.2) is 29.2 Å². The minimum absolute atomic E-state index is 0.0834. The van der Waals surface area contributed by atoms with Crippen molar-refractivity contribution in [3.63, 3.8) is 0 Å². The second kappa shape index (κ2) is 7.70. The van der Waals surface area contributed by atoms with Crippen LogP contribution < -0.4 is 10.6 Å². The maximum atomic E-state index is 12.1. The molecule has 1 atom stereocenters. The van der Waals surface area contributed by atoms with Crippen LogP contribution in [0.4, 0.5) is 0 Å². The van der Waals surface area contributed by atoms with E-state index in [0.29, 0.717) is 12.3 Å². The highest BCUT2D eigenvalue weighted by Gasteiger charge is 2.18. The first kappa shape index (κ1) is 15.4. The van der Waals surface area contributed by atoms with Crippen LogP contribution in [0.2, 0.25) is 0 Å². The highest BCUT2D eigenvalue weighted by molar-refractivity contribution is 7.98. The smallest absolute Gasteiger partial charge is 0.220 e. The summed E-state index contributed by atoms with van der Waals surface area (Å²) in [6.45, 7) is 4.14. The number of benzene rings is 1. The first-order chi connectivity index (χ1) is 9.69. The van der Waals surface area contributed by atoms with Gasteiger partial charge in [0, 0.05) is 11.3 Å². The number of hydrogen-bond donors (Lipinski definition) is 2. The zero-order chi connectivity index (χ0) is 14.4. The van der Waals surface area contributed by atoms with Crippen molar-refractivity contribution >= 4 is 17.7 Å². The number of rotatable bonds is 5. The topological polar surface area (TPSA) is 41.1 Å². The zero-order valence-corrected chi connectivity index (χ0v) is 13.1. The SMILES string of the molecule is CSc1ccc(C(C)NC(=O)CC2CCNCC2)cc1. The maximum absolute atomic E-state index is 12.1. The number of carbonyl (C=O) groups is 1. The molecule has 1 heterocycles. The Balaban J connectivity index is 1.82. The molecule has 2 N–H and O–H groups in total. The van der Waals surface area contributed by atoms with Gasteiger partial charge in [-0.3, -0.25) is 4.79 Å². The van der Waals surface area contributed by atoms with E-state index >= 15 is 0 Å². The van der Waals surface area contributed by atoms with E-state index < -0.39 is 0 Å². The van der Waals surface area contributed by atoms with Crippen LogP contribution in [0.1, 0.15) is 37.8 Å². The van der Waals surface area contributed by atoms with Gasteiger partial charge in [0.25, 0.3) is 0 Å². The van der Waals surface area contributed by atoms with Gasteiger partial charge in [-0.15, -0.1) is 11.8 Å². The molecule has 0 radical (unpaired) electrons. The Labute approximate surface area is 125 Å². The van der Waals surface area contributed by atoms with Crippen molar-refractivity contribution in [3.05, 3.63) is 29.8 Å². The van der Waals surface area contributed by atoms with Crippen LogP contribution in [-0.2, 0) is 4.79 Å². The third-order valence-corrected chi connectivity index (χ3v) is 4.67. The third kappa shape index (κ3) is 4.53. The van der Waals surface area contributed by atoms with Crippen molar-refractivity contribution < 1.29 is 4.79 Å². The molecule has 4 heteroatoms. The molecule has 20 heavy (non-hydrogen) atoms. The van der Waals surface area contributed by atoms with E-state index in [1.807, 2.05) is 0 Å². The normalized spacial score (nSPS) is 17.7. The Morgan fingerprint density at radius 1 is 1.35 bits per heavy atom. The highest BCUT2D eigenvalue weighted by atomic mass is 32.2. The lowest BCUT2D eigenvalue weighted by Crippen LogP contribution is -2.33. The fourth-order valence-electron chi connectivity index (χ4n) is 2.62. The second-order valence-electron chi connectivity index (χ2n) is 5.46. The van der Waals surface area contributed by atoms with Gasteiger partial charge in [-0.1, -0.05) is 12.1 Å². The molecule has 1 aromatic rings. The quantitative estimate of drug-likeness (QED) is 0.820. The number of hydrogen-bond acceptors (Lipinski definition) is 3. The number of nitrogens with one attached hydrogen (secondary N) is 2. The predicted octanol–water partition coefficient (Wildman–Crippen LogP) is 2.98. The molecule has 110 valence electrons. The molecule has 3 nitrogen and oxygen atoms in total. The monoisotopic (exact) mass is 292 g/mol. The first-order valence-electron chi connectivity index (χ1n) is 7.33. The number of carbonyl (C=O) groups excluding carboxylic acids is 1. The average Bonchev–Trinajstić information content (AvgIpc) is 2.48. The van der Waals surface area contributed by atoms with E-state index in [-0.39, 0.29) is 11.9 Å². The molecule has 1 amide bonds. The van der Waals surface area contributed by atoms with E-state index in [4.69, 9.17) is 0 Å². The molecule has 0 spiro atoms. The Morgan fingerprint density at radius 2 is 2.00 bits per heavy atom. The third-order valence-electron chi connectivity index (χ3n) is 3.93. The summed E-state index contributed by atoms with van der Waals surface area (Å²) < 4.78 is 0. The molecular formula is C16H24N2OS. The molecule has 1 aliphatic heterocycles. The number of thioether (sulfide) groups is 1. The molecule has 2 rings (SSSR count). The fraction of sp³-hybridized carbons (Fsp3) is 0.562. The molecule has 1 saturated heterocycles. The van der Waals surface area contributed by atoms with Crippen molar-refractivity contribution in [2.24, 2.45) is 5.92 Å². The lowest BCUT2D eigenvalue weighted by Gasteiger charge is -2.23. The van der Waals surface area contributed by atoms with Gasteiger partial charge >= 0.3 is 0 Å². The highest BCUT2D eigenvalue weighted by Crippen LogP contribution is 2.20. The molecular weight excluding hydrogens is 268 g/mol. The zero-order valence-electron chi connectivity index (χ0n) is 12.3. The first-order valence-corrected chi connectivity index (χ1v) is 8.55. The molecule has 0 aromatic heterocycles. The second-order valence-corrected chi connectivity index (χ2v) is 6.34. The number of amides is 1. The van der Waals surface area contributed by atoms with Crippen LogP contribution in [0, 0.1) is 5.92 Å². The lowest BCUT2D eigenvalue weighted by molar-refractivity contribution is -0.122. The predicted molar refractivity (Wildman–Crippen MR) is 85.0 cm³/mol. The van der Waals surface area contributed by atoms with Crippen molar-refractivity contribution in [1.82, 2.24) is 10.6 Å². The number of piperidine rings is 1. The molecule has 0 bridgehead atoms. The van der Waals surface area contributed by atoms with Crippen molar-refractivity contribution in [1.29, 1.82) is 0 Å². The fourth-order valence-corrected chi connectivity index (χ4v) is 3.03. The summed E-state index contributed by atoms with van der Waals surface area (Å²) in [6, 6.07) is 8.49. The molecule has 1 fully saturated rings. The standard InChI is InChI=1S/C16H24N2OS/c1-12(14-3-5-15(20-2)6-4-14)18-16(19)11-13-7-9-17-10-8-13/h3-6,12-13,17H,7-11H2,1-2H3,(H,18,19). The lowest BCUT2D eigenvalue weighted by atomic mass is 9.94. The molecule has 1 unspecified atom stereocenters. The summed E-state index contributed by atoms with van der Waals surface area (Å²) in [4.78, 5) is 13.3. The summed E-state index contributed by atoms with van der Waals surface area (Å²) in [5.41, 5.74) is 1.17. The van der Waals surface area contributed by atoms with Gasteiger partial charge in [-0.2, -0.15) is 0 Å². The van der Waals surface area contributed by atoms with Crippen molar-refractivity contribution in [3.8, 4) is 0 Å².